The summed E-state index contributed by atoms with van der Waals surface area (Å²) in [4.78, 5) is 12.9. The van der Waals surface area contributed by atoms with Crippen molar-refractivity contribution in [1.82, 2.24) is 0 Å². The molecule has 0 saturated carbocycles. The van der Waals surface area contributed by atoms with Gasteiger partial charge in [-0.3, -0.25) is 4.79 Å². The fourth-order valence-corrected chi connectivity index (χ4v) is 3.51. The predicted molar refractivity (Wildman–Crippen MR) is 97.2 cm³/mol. The van der Waals surface area contributed by atoms with Crippen LogP contribution in [0.2, 0.25) is 0 Å². The molecule has 0 unspecified atom stereocenters. The lowest BCUT2D eigenvalue weighted by molar-refractivity contribution is -0.149. The van der Waals surface area contributed by atoms with Crippen molar-refractivity contribution in [3.63, 3.8) is 0 Å². The summed E-state index contributed by atoms with van der Waals surface area (Å²) in [5, 5.41) is -0.277. The van der Waals surface area contributed by atoms with Crippen LogP contribution in [0.3, 0.4) is 0 Å². The van der Waals surface area contributed by atoms with E-state index in [0.717, 1.165) is 10.5 Å². The second-order valence-corrected chi connectivity index (χ2v) is 6.88. The average Bonchev–Trinajstić information content (AvgIpc) is 2.60. The molecule has 3 atom stereocenters. The normalized spacial score (nSPS) is 14.4. The molecule has 2 rings (SSSR count). The lowest BCUT2D eigenvalue weighted by Crippen LogP contribution is -2.33. The Morgan fingerprint density at radius 2 is 1.84 bits per heavy atom. The summed E-state index contributed by atoms with van der Waals surface area (Å²) in [6.45, 7) is 3.37. The number of rotatable bonds is 7. The first-order valence-corrected chi connectivity index (χ1v) is 8.81. The van der Waals surface area contributed by atoms with E-state index < -0.39 is 18.1 Å². The number of thioether (sulfide) groups is 1. The van der Waals surface area contributed by atoms with Crippen molar-refractivity contribution in [2.24, 2.45) is 5.73 Å². The first-order chi connectivity index (χ1) is 11.9. The Morgan fingerprint density at radius 3 is 2.44 bits per heavy atom. The molecule has 0 amide bonds. The Bertz CT molecular complexity index is 709. The molecule has 2 aromatic carbocycles. The molecule has 0 aliphatic rings. The highest BCUT2D eigenvalue weighted by molar-refractivity contribution is 7.99. The zero-order valence-electron chi connectivity index (χ0n) is 14.4. The lowest BCUT2D eigenvalue weighted by atomic mass is 10.1. The predicted octanol–water partition coefficient (Wildman–Crippen LogP) is 3.95. The van der Waals surface area contributed by atoms with Crippen molar-refractivity contribution < 1.29 is 18.7 Å². The highest BCUT2D eigenvalue weighted by Gasteiger charge is 2.28. The number of methoxy groups -OCH3 is 1. The monoisotopic (exact) mass is 363 g/mol. The third-order valence-electron chi connectivity index (χ3n) is 3.61. The molecule has 0 bridgehead atoms. The van der Waals surface area contributed by atoms with E-state index in [9.17, 15) is 9.18 Å². The first-order valence-electron chi connectivity index (χ1n) is 7.93. The van der Waals surface area contributed by atoms with Gasteiger partial charge in [0.1, 0.15) is 23.7 Å². The van der Waals surface area contributed by atoms with Gasteiger partial charge in [-0.15, -0.1) is 11.8 Å². The highest BCUT2D eigenvalue weighted by atomic mass is 32.2. The third kappa shape index (κ3) is 5.21. The third-order valence-corrected chi connectivity index (χ3v) is 5.04. The Balaban J connectivity index is 2.36. The zero-order chi connectivity index (χ0) is 18.4. The van der Waals surface area contributed by atoms with Crippen molar-refractivity contribution in [3.05, 3.63) is 59.9 Å². The molecule has 2 N–H and O–H groups in total. The van der Waals surface area contributed by atoms with Crippen LogP contribution in [0.1, 0.15) is 24.7 Å². The number of hydrogen-bond donors (Lipinski definition) is 1. The minimum atomic E-state index is -0.708. The van der Waals surface area contributed by atoms with Gasteiger partial charge in [0, 0.05) is 16.5 Å². The molecule has 0 heterocycles. The first kappa shape index (κ1) is 19.3. The molecule has 134 valence electrons. The molecule has 0 aliphatic heterocycles. The standard InChI is InChI=1S/C19H22FNO3S/c1-12(21)19(22)24-13(2)18(25-15-7-5-4-6-8-15)16-10-9-14(20)11-17(16)23-3/h4-13,18H,21H2,1-3H3/t12-,13-,18-/m0/s1. The quantitative estimate of drug-likeness (QED) is 0.596. The second kappa shape index (κ2) is 8.87. The minimum Gasteiger partial charge on any atom is -0.496 e. The van der Waals surface area contributed by atoms with Gasteiger partial charge in [0.15, 0.2) is 0 Å². The van der Waals surface area contributed by atoms with Crippen molar-refractivity contribution in [2.75, 3.05) is 7.11 Å². The number of carbonyl (C=O) groups excluding carboxylic acids is 1. The van der Waals surface area contributed by atoms with E-state index in [0.29, 0.717) is 5.75 Å². The number of halogens is 1. The number of nitrogens with two attached hydrogens (primary N) is 1. The summed E-state index contributed by atoms with van der Waals surface area (Å²) in [5.74, 6) is -0.450. The van der Waals surface area contributed by atoms with Gasteiger partial charge in [-0.25, -0.2) is 4.39 Å². The summed E-state index contributed by atoms with van der Waals surface area (Å²) >= 11 is 1.52. The molecule has 0 fully saturated rings. The van der Waals surface area contributed by atoms with E-state index in [-0.39, 0.29) is 11.1 Å². The van der Waals surface area contributed by atoms with Gasteiger partial charge in [-0.2, -0.15) is 0 Å². The molecule has 0 saturated heterocycles. The average molecular weight is 363 g/mol. The van der Waals surface area contributed by atoms with E-state index in [1.807, 2.05) is 30.3 Å². The summed E-state index contributed by atoms with van der Waals surface area (Å²) in [7, 11) is 1.49. The van der Waals surface area contributed by atoms with Crippen LogP contribution in [0.25, 0.3) is 0 Å². The van der Waals surface area contributed by atoms with Crippen LogP contribution >= 0.6 is 11.8 Å². The summed E-state index contributed by atoms with van der Waals surface area (Å²) < 4.78 is 24.4. The van der Waals surface area contributed by atoms with Crippen LogP contribution in [0, 0.1) is 5.82 Å². The number of carbonyl (C=O) groups is 1. The van der Waals surface area contributed by atoms with Crippen molar-refractivity contribution >= 4 is 17.7 Å². The smallest absolute Gasteiger partial charge is 0.322 e. The Morgan fingerprint density at radius 1 is 1.16 bits per heavy atom. The van der Waals surface area contributed by atoms with Crippen molar-refractivity contribution in [2.45, 2.75) is 36.1 Å². The molecule has 0 spiro atoms. The summed E-state index contributed by atoms with van der Waals surface area (Å²) in [6.07, 6.45) is -0.483. The maximum Gasteiger partial charge on any atom is 0.322 e. The second-order valence-electron chi connectivity index (χ2n) is 5.67. The Kier molecular flexibility index (Phi) is 6.84. The van der Waals surface area contributed by atoms with Crippen LogP contribution in [-0.4, -0.2) is 25.2 Å². The van der Waals surface area contributed by atoms with Crippen LogP contribution in [0.15, 0.2) is 53.4 Å². The Hall–Kier alpha value is -2.05. The van der Waals surface area contributed by atoms with Gasteiger partial charge in [0.2, 0.25) is 0 Å². The molecule has 0 radical (unpaired) electrons. The number of hydrogen-bond acceptors (Lipinski definition) is 5. The van der Waals surface area contributed by atoms with Gasteiger partial charge >= 0.3 is 5.97 Å². The van der Waals surface area contributed by atoms with Gasteiger partial charge in [0.25, 0.3) is 0 Å². The van der Waals surface area contributed by atoms with Gasteiger partial charge in [0.05, 0.1) is 12.4 Å². The zero-order valence-corrected chi connectivity index (χ0v) is 15.3. The molecular formula is C19H22FNO3S. The molecule has 0 aromatic heterocycles. The number of ether oxygens (including phenoxy) is 2. The fraction of sp³-hybridized carbons (Fsp3) is 0.316. The molecule has 4 nitrogen and oxygen atoms in total. The molecule has 0 aliphatic carbocycles. The van der Waals surface area contributed by atoms with Crippen molar-refractivity contribution in [1.29, 1.82) is 0 Å². The van der Waals surface area contributed by atoms with Crippen LogP contribution in [-0.2, 0) is 9.53 Å². The number of esters is 1. The van der Waals surface area contributed by atoms with E-state index in [4.69, 9.17) is 15.2 Å². The minimum absolute atomic E-state index is 0.277. The van der Waals surface area contributed by atoms with E-state index in [1.165, 1.54) is 31.0 Å². The highest BCUT2D eigenvalue weighted by Crippen LogP contribution is 2.42. The molecular weight excluding hydrogens is 341 g/mol. The maximum atomic E-state index is 13.6. The van der Waals surface area contributed by atoms with Gasteiger partial charge in [-0.05, 0) is 32.0 Å². The van der Waals surface area contributed by atoms with E-state index in [1.54, 1.807) is 19.9 Å². The maximum absolute atomic E-state index is 13.6. The van der Waals surface area contributed by atoms with E-state index in [2.05, 4.69) is 0 Å². The summed E-state index contributed by atoms with van der Waals surface area (Å²) in [5.41, 5.74) is 6.35. The molecule has 25 heavy (non-hydrogen) atoms. The van der Waals surface area contributed by atoms with Crippen LogP contribution in [0.5, 0.6) is 5.75 Å². The number of benzene rings is 2. The molecule has 6 heteroatoms. The van der Waals surface area contributed by atoms with Crippen LogP contribution < -0.4 is 10.5 Å². The topological polar surface area (TPSA) is 61.5 Å². The van der Waals surface area contributed by atoms with E-state index >= 15 is 0 Å². The van der Waals surface area contributed by atoms with Crippen molar-refractivity contribution in [3.8, 4) is 5.75 Å². The Labute approximate surface area is 151 Å². The fourth-order valence-electron chi connectivity index (χ4n) is 2.33. The van der Waals surface area contributed by atoms with Gasteiger partial charge < -0.3 is 15.2 Å². The largest absolute Gasteiger partial charge is 0.496 e. The van der Waals surface area contributed by atoms with Gasteiger partial charge in [-0.1, -0.05) is 24.3 Å². The van der Waals surface area contributed by atoms with Crippen LogP contribution in [0.4, 0.5) is 4.39 Å². The summed E-state index contributed by atoms with van der Waals surface area (Å²) in [6, 6.07) is 13.4. The molecule has 2 aromatic rings. The lowest BCUT2D eigenvalue weighted by Gasteiger charge is -2.26. The SMILES string of the molecule is COc1cc(F)ccc1[C@@H](Sc1ccccc1)[C@H](C)OC(=O)[C@H](C)N.